The normalized spacial score (nSPS) is 33.6. The van der Waals surface area contributed by atoms with Crippen LogP contribution in [0.3, 0.4) is 0 Å². The zero-order valence-electron chi connectivity index (χ0n) is 7.36. The summed E-state index contributed by atoms with van der Waals surface area (Å²) in [5, 5.41) is 4.73. The number of hydrogen-bond donors (Lipinski definition) is 3. The van der Waals surface area contributed by atoms with Gasteiger partial charge in [0.15, 0.2) is 0 Å². The van der Waals surface area contributed by atoms with E-state index in [1.165, 1.54) is 6.92 Å². The summed E-state index contributed by atoms with van der Waals surface area (Å²) in [6.07, 6.45) is 0.172. The van der Waals surface area contributed by atoms with Crippen molar-refractivity contribution in [3.05, 3.63) is 0 Å². The molecule has 13 heavy (non-hydrogen) atoms. The van der Waals surface area contributed by atoms with Crippen LogP contribution >= 0.6 is 0 Å². The summed E-state index contributed by atoms with van der Waals surface area (Å²) in [6, 6.07) is -0.0335. The average molecular weight is 208 g/mol. The molecule has 76 valence electrons. The van der Waals surface area contributed by atoms with Crippen molar-refractivity contribution >= 4 is 16.0 Å². The van der Waals surface area contributed by atoms with Gasteiger partial charge in [0, 0.05) is 19.4 Å². The van der Waals surface area contributed by atoms with Crippen LogP contribution in [0.25, 0.3) is 0 Å². The number of nitrogens with one attached hydrogen (secondary N) is 2. The van der Waals surface area contributed by atoms with E-state index in [1.807, 2.05) is 0 Å². The fourth-order valence-electron chi connectivity index (χ4n) is 1.42. The van der Waals surface area contributed by atoms with Gasteiger partial charge in [-0.05, 0) is 6.92 Å². The first-order valence-corrected chi connectivity index (χ1v) is 5.24. The van der Waals surface area contributed by atoms with E-state index in [-0.39, 0.29) is 12.5 Å². The summed E-state index contributed by atoms with van der Waals surface area (Å²) < 4.78 is 30.6. The second-order valence-electron chi connectivity index (χ2n) is 3.23. The Hall–Kier alpha value is -0.660. The summed E-state index contributed by atoms with van der Waals surface area (Å²) in [5.41, 5.74) is 0. The number of carbonyl (C=O) groups excluding carboxylic acids is 1. The molecule has 1 saturated heterocycles. The molecule has 1 fully saturated rings. The van der Waals surface area contributed by atoms with Gasteiger partial charge in [-0.25, -0.2) is 0 Å². The highest BCUT2D eigenvalue weighted by molar-refractivity contribution is 7.87. The molecule has 0 bridgehead atoms. The summed E-state index contributed by atoms with van der Waals surface area (Å²) in [5.74, 6) is -0.503. The number of rotatable bonds is 2. The molecule has 1 heterocycles. The molecule has 0 spiro atoms. The predicted molar refractivity (Wildman–Crippen MR) is 45.3 cm³/mol. The van der Waals surface area contributed by atoms with Crippen LogP contribution in [0.5, 0.6) is 0 Å². The van der Waals surface area contributed by atoms with Crippen molar-refractivity contribution in [2.45, 2.75) is 31.3 Å². The molecule has 1 aliphatic rings. The van der Waals surface area contributed by atoms with Gasteiger partial charge >= 0.3 is 10.1 Å². The molecule has 0 aromatic heterocycles. The van der Waals surface area contributed by atoms with Crippen molar-refractivity contribution in [2.75, 3.05) is 0 Å². The highest BCUT2D eigenvalue weighted by Gasteiger charge is 2.52. The molecule has 7 heteroatoms. The van der Waals surface area contributed by atoms with Crippen LogP contribution in [-0.4, -0.2) is 29.9 Å². The number of amides is 1. The molecule has 2 atom stereocenters. The first kappa shape index (κ1) is 10.4. The lowest BCUT2D eigenvalue weighted by atomic mass is 10.1. The van der Waals surface area contributed by atoms with Crippen LogP contribution in [0.15, 0.2) is 0 Å². The fourth-order valence-corrected chi connectivity index (χ4v) is 2.51. The Bertz CT molecular complexity index is 318. The Morgan fingerprint density at radius 1 is 1.69 bits per heavy atom. The van der Waals surface area contributed by atoms with Crippen molar-refractivity contribution in [3.8, 4) is 0 Å². The SMILES string of the molecule is CC(=O)NC1(S(=O)(=O)O)CC(C)N1. The van der Waals surface area contributed by atoms with E-state index < -0.39 is 21.0 Å². The van der Waals surface area contributed by atoms with Gasteiger partial charge in [-0.2, -0.15) is 8.42 Å². The Kier molecular flexibility index (Phi) is 2.35. The maximum Gasteiger partial charge on any atom is 0.303 e. The first-order valence-electron chi connectivity index (χ1n) is 3.80. The molecule has 1 aliphatic heterocycles. The molecule has 0 aliphatic carbocycles. The van der Waals surface area contributed by atoms with E-state index in [0.29, 0.717) is 0 Å². The van der Waals surface area contributed by atoms with Gasteiger partial charge in [-0.3, -0.25) is 14.7 Å². The number of carbonyl (C=O) groups is 1. The molecule has 0 aromatic carbocycles. The molecule has 3 N–H and O–H groups in total. The minimum atomic E-state index is -4.30. The van der Waals surface area contributed by atoms with Crippen LogP contribution in [0.2, 0.25) is 0 Å². The summed E-state index contributed by atoms with van der Waals surface area (Å²) >= 11 is 0. The largest absolute Gasteiger partial charge is 0.323 e. The van der Waals surface area contributed by atoms with E-state index in [0.717, 1.165) is 0 Å². The van der Waals surface area contributed by atoms with Gasteiger partial charge in [0.25, 0.3) is 0 Å². The third-order valence-corrected chi connectivity index (χ3v) is 3.16. The molecule has 0 aromatic rings. The monoisotopic (exact) mass is 208 g/mol. The van der Waals surface area contributed by atoms with Crippen molar-refractivity contribution in [1.29, 1.82) is 0 Å². The lowest BCUT2D eigenvalue weighted by Crippen LogP contribution is -2.74. The van der Waals surface area contributed by atoms with Crippen molar-refractivity contribution in [3.63, 3.8) is 0 Å². The van der Waals surface area contributed by atoms with Crippen molar-refractivity contribution in [1.82, 2.24) is 10.6 Å². The van der Waals surface area contributed by atoms with E-state index in [1.54, 1.807) is 6.92 Å². The smallest absolute Gasteiger partial charge is 0.303 e. The zero-order valence-corrected chi connectivity index (χ0v) is 8.18. The van der Waals surface area contributed by atoms with E-state index in [2.05, 4.69) is 10.6 Å². The maximum atomic E-state index is 10.9. The molecule has 0 radical (unpaired) electrons. The number of hydrogen-bond acceptors (Lipinski definition) is 4. The minimum absolute atomic E-state index is 0.0335. The Morgan fingerprint density at radius 2 is 2.15 bits per heavy atom. The van der Waals surface area contributed by atoms with Gasteiger partial charge < -0.3 is 5.32 Å². The van der Waals surface area contributed by atoms with Crippen molar-refractivity contribution in [2.24, 2.45) is 0 Å². The van der Waals surface area contributed by atoms with Gasteiger partial charge in [0.1, 0.15) is 0 Å². The van der Waals surface area contributed by atoms with Crippen LogP contribution in [0.1, 0.15) is 20.3 Å². The van der Waals surface area contributed by atoms with E-state index in [9.17, 15) is 13.2 Å². The Labute approximate surface area is 76.4 Å². The molecule has 1 amide bonds. The lowest BCUT2D eigenvalue weighted by molar-refractivity contribution is -0.121. The Morgan fingerprint density at radius 3 is 2.38 bits per heavy atom. The first-order chi connectivity index (χ1) is 5.77. The summed E-state index contributed by atoms with van der Waals surface area (Å²) in [6.45, 7) is 2.95. The fraction of sp³-hybridized carbons (Fsp3) is 0.833. The highest BCUT2D eigenvalue weighted by atomic mass is 32.2. The van der Waals surface area contributed by atoms with E-state index >= 15 is 0 Å². The minimum Gasteiger partial charge on any atom is -0.323 e. The molecule has 2 unspecified atom stereocenters. The maximum absolute atomic E-state index is 10.9. The zero-order chi connectivity index (χ0) is 10.3. The van der Waals surface area contributed by atoms with Crippen LogP contribution in [0.4, 0.5) is 0 Å². The predicted octanol–water partition coefficient (Wildman–Crippen LogP) is -0.954. The lowest BCUT2D eigenvalue weighted by Gasteiger charge is -2.44. The topological polar surface area (TPSA) is 95.5 Å². The van der Waals surface area contributed by atoms with Crippen LogP contribution in [0, 0.1) is 0 Å². The molecular weight excluding hydrogens is 196 g/mol. The molecule has 0 saturated carbocycles. The average Bonchev–Trinajstić information content (AvgIpc) is 1.79. The van der Waals surface area contributed by atoms with Gasteiger partial charge in [0.2, 0.25) is 10.9 Å². The molecule has 6 nitrogen and oxygen atoms in total. The highest BCUT2D eigenvalue weighted by Crippen LogP contribution is 2.26. The van der Waals surface area contributed by atoms with Crippen LogP contribution < -0.4 is 10.6 Å². The second-order valence-corrected chi connectivity index (χ2v) is 4.88. The quantitative estimate of drug-likeness (QED) is 0.508. The molecular formula is C6H12N2O4S. The third-order valence-electron chi connectivity index (χ3n) is 1.89. The van der Waals surface area contributed by atoms with Crippen LogP contribution in [-0.2, 0) is 14.9 Å². The van der Waals surface area contributed by atoms with Gasteiger partial charge in [-0.1, -0.05) is 0 Å². The summed E-state index contributed by atoms with van der Waals surface area (Å²) in [7, 11) is -4.30. The van der Waals surface area contributed by atoms with Gasteiger partial charge in [-0.15, -0.1) is 0 Å². The third kappa shape index (κ3) is 1.82. The molecule has 1 rings (SSSR count). The summed E-state index contributed by atoms with van der Waals surface area (Å²) in [4.78, 5) is 9.01. The standard InChI is InChI=1S/C6H12N2O4S/c1-4-3-6(7-4,8-5(2)9)13(10,11)12/h4,7H,3H2,1-2H3,(H,8,9)(H,10,11,12). The van der Waals surface area contributed by atoms with Gasteiger partial charge in [0.05, 0.1) is 0 Å². The van der Waals surface area contributed by atoms with Crippen molar-refractivity contribution < 1.29 is 17.8 Å². The Balaban J connectivity index is 2.86. The second kappa shape index (κ2) is 2.93. The van der Waals surface area contributed by atoms with E-state index in [4.69, 9.17) is 4.55 Å².